The average Bonchev–Trinajstić information content (AvgIpc) is 2.50. The molecule has 4 nitrogen and oxygen atoms in total. The van der Waals surface area contributed by atoms with Crippen LogP contribution in [0.3, 0.4) is 0 Å². The summed E-state index contributed by atoms with van der Waals surface area (Å²) in [6, 6.07) is 7.31. The van der Waals surface area contributed by atoms with Crippen LogP contribution in [0.2, 0.25) is 5.02 Å². The lowest BCUT2D eigenvalue weighted by Crippen LogP contribution is -2.17. The van der Waals surface area contributed by atoms with Gasteiger partial charge in [0.25, 0.3) is 0 Å². The van der Waals surface area contributed by atoms with Crippen molar-refractivity contribution in [2.24, 2.45) is 0 Å². The van der Waals surface area contributed by atoms with Crippen LogP contribution < -0.4 is 5.69 Å². The molecular weight excluding hydrogens is 234 g/mol. The third-order valence-electron chi connectivity index (χ3n) is 2.00. The van der Waals surface area contributed by atoms with E-state index in [1.165, 1.54) is 4.57 Å². The lowest BCUT2D eigenvalue weighted by Gasteiger charge is -2.01. The molecule has 0 fully saturated rings. The first kappa shape index (κ1) is 10.2. The van der Waals surface area contributed by atoms with Crippen LogP contribution in [0.25, 0.3) is 0 Å². The van der Waals surface area contributed by atoms with Gasteiger partial charge in [0, 0.05) is 5.02 Å². The Morgan fingerprint density at radius 1 is 1.40 bits per heavy atom. The molecule has 78 valence electrons. The second-order valence-electron chi connectivity index (χ2n) is 3.08. The number of benzene rings is 1. The average molecular weight is 242 g/mol. The summed E-state index contributed by atoms with van der Waals surface area (Å²) < 4.78 is 1.81. The summed E-state index contributed by atoms with van der Waals surface area (Å²) in [4.78, 5) is 11.3. The Labute approximate surface area is 95.5 Å². The highest BCUT2D eigenvalue weighted by Gasteiger charge is 2.01. The molecule has 0 unspecified atom stereocenters. The fourth-order valence-electron chi connectivity index (χ4n) is 1.30. The Morgan fingerprint density at radius 2 is 2.20 bits per heavy atom. The predicted molar refractivity (Wildman–Crippen MR) is 60.8 cm³/mol. The van der Waals surface area contributed by atoms with Crippen molar-refractivity contribution in [2.45, 2.75) is 6.54 Å². The molecule has 1 aromatic heterocycles. The molecule has 0 aliphatic rings. The maximum atomic E-state index is 11.3. The van der Waals surface area contributed by atoms with Crippen LogP contribution in [0.4, 0.5) is 0 Å². The molecule has 15 heavy (non-hydrogen) atoms. The van der Waals surface area contributed by atoms with E-state index in [0.29, 0.717) is 16.3 Å². The van der Waals surface area contributed by atoms with Crippen LogP contribution in [0.15, 0.2) is 29.1 Å². The van der Waals surface area contributed by atoms with E-state index in [-0.39, 0.29) is 5.69 Å². The van der Waals surface area contributed by atoms with Gasteiger partial charge in [0.15, 0.2) is 4.77 Å². The number of aromatic nitrogens is 3. The Hall–Kier alpha value is -1.33. The Bertz CT molecular complexity index is 556. The summed E-state index contributed by atoms with van der Waals surface area (Å²) in [5.41, 5.74) is 0.684. The monoisotopic (exact) mass is 241 g/mol. The SMILES string of the molecule is O=c1[nH][nH]c(=S)n1Cc1cccc(Cl)c1. The van der Waals surface area contributed by atoms with Crippen LogP contribution in [-0.2, 0) is 6.54 Å². The third-order valence-corrected chi connectivity index (χ3v) is 2.55. The van der Waals surface area contributed by atoms with Gasteiger partial charge in [-0.05, 0) is 29.9 Å². The highest BCUT2D eigenvalue weighted by Crippen LogP contribution is 2.11. The van der Waals surface area contributed by atoms with Crippen molar-refractivity contribution in [2.75, 3.05) is 0 Å². The maximum Gasteiger partial charge on any atom is 0.342 e. The predicted octanol–water partition coefficient (Wildman–Crippen LogP) is 1.94. The zero-order chi connectivity index (χ0) is 10.8. The van der Waals surface area contributed by atoms with E-state index in [1.54, 1.807) is 12.1 Å². The molecule has 1 aromatic carbocycles. The summed E-state index contributed by atoms with van der Waals surface area (Å²) in [5, 5.41) is 5.64. The fourth-order valence-corrected chi connectivity index (χ4v) is 1.71. The standard InChI is InChI=1S/C9H8ClN3OS/c10-7-3-1-2-6(4-7)5-13-8(14)11-12-9(13)15/h1-4H,5H2,(H,11,14)(H,12,15). The molecule has 0 spiro atoms. The molecule has 0 radical (unpaired) electrons. The smallest absolute Gasteiger partial charge is 0.272 e. The van der Waals surface area contributed by atoms with Crippen molar-refractivity contribution in [3.05, 3.63) is 50.1 Å². The van der Waals surface area contributed by atoms with Gasteiger partial charge in [0.2, 0.25) is 0 Å². The molecule has 0 amide bonds. The number of nitrogens with zero attached hydrogens (tertiary/aromatic N) is 1. The topological polar surface area (TPSA) is 53.6 Å². The van der Waals surface area contributed by atoms with Gasteiger partial charge in [-0.25, -0.2) is 9.89 Å². The second kappa shape index (κ2) is 4.04. The molecular formula is C9H8ClN3OS. The first-order chi connectivity index (χ1) is 7.16. The van der Waals surface area contributed by atoms with Crippen LogP contribution in [0, 0.1) is 4.77 Å². The minimum atomic E-state index is -0.250. The zero-order valence-electron chi connectivity index (χ0n) is 7.66. The lowest BCUT2D eigenvalue weighted by molar-refractivity contribution is 0.751. The number of hydrogen-bond donors (Lipinski definition) is 2. The van der Waals surface area contributed by atoms with E-state index in [2.05, 4.69) is 10.2 Å². The molecule has 1 heterocycles. The van der Waals surface area contributed by atoms with Gasteiger partial charge in [-0.3, -0.25) is 9.67 Å². The largest absolute Gasteiger partial charge is 0.342 e. The number of rotatable bonds is 2. The number of nitrogens with one attached hydrogen (secondary N) is 2. The van der Waals surface area contributed by atoms with Crippen LogP contribution in [0.5, 0.6) is 0 Å². The zero-order valence-corrected chi connectivity index (χ0v) is 9.23. The normalized spacial score (nSPS) is 10.5. The molecule has 2 N–H and O–H groups in total. The van der Waals surface area contributed by atoms with Gasteiger partial charge >= 0.3 is 5.69 Å². The molecule has 0 atom stereocenters. The van der Waals surface area contributed by atoms with Crippen LogP contribution >= 0.6 is 23.8 Å². The quantitative estimate of drug-likeness (QED) is 0.790. The van der Waals surface area contributed by atoms with E-state index in [1.807, 2.05) is 12.1 Å². The Morgan fingerprint density at radius 3 is 2.80 bits per heavy atom. The highest BCUT2D eigenvalue weighted by molar-refractivity contribution is 7.71. The summed E-state index contributed by atoms with van der Waals surface area (Å²) in [6.45, 7) is 0.415. The van der Waals surface area contributed by atoms with E-state index in [4.69, 9.17) is 23.8 Å². The molecule has 0 aliphatic heterocycles. The van der Waals surface area contributed by atoms with Crippen LogP contribution in [0.1, 0.15) is 5.56 Å². The van der Waals surface area contributed by atoms with Gasteiger partial charge in [0.05, 0.1) is 6.54 Å². The second-order valence-corrected chi connectivity index (χ2v) is 3.90. The minimum absolute atomic E-state index is 0.250. The van der Waals surface area contributed by atoms with Gasteiger partial charge in [-0.1, -0.05) is 23.7 Å². The third kappa shape index (κ3) is 2.19. The van der Waals surface area contributed by atoms with Gasteiger partial charge < -0.3 is 0 Å². The maximum absolute atomic E-state index is 11.3. The molecule has 6 heteroatoms. The number of hydrogen-bond acceptors (Lipinski definition) is 2. The summed E-state index contributed by atoms with van der Waals surface area (Å²) in [5.74, 6) is 0. The summed E-state index contributed by atoms with van der Waals surface area (Å²) >= 11 is 10.8. The van der Waals surface area contributed by atoms with Crippen molar-refractivity contribution in [3.8, 4) is 0 Å². The first-order valence-electron chi connectivity index (χ1n) is 4.29. The van der Waals surface area contributed by atoms with Gasteiger partial charge in [-0.2, -0.15) is 0 Å². The van der Waals surface area contributed by atoms with Crippen molar-refractivity contribution < 1.29 is 0 Å². The van der Waals surface area contributed by atoms with E-state index >= 15 is 0 Å². The van der Waals surface area contributed by atoms with Crippen molar-refractivity contribution in [1.82, 2.24) is 14.8 Å². The van der Waals surface area contributed by atoms with Crippen molar-refractivity contribution >= 4 is 23.8 Å². The Kier molecular flexibility index (Phi) is 2.75. The molecule has 2 rings (SSSR count). The molecule has 0 saturated carbocycles. The van der Waals surface area contributed by atoms with Crippen LogP contribution in [-0.4, -0.2) is 14.8 Å². The fraction of sp³-hybridized carbons (Fsp3) is 0.111. The summed E-state index contributed by atoms with van der Waals surface area (Å²) in [7, 11) is 0. The van der Waals surface area contributed by atoms with E-state index < -0.39 is 0 Å². The van der Waals surface area contributed by atoms with Gasteiger partial charge in [0.1, 0.15) is 0 Å². The summed E-state index contributed by atoms with van der Waals surface area (Å²) in [6.07, 6.45) is 0. The first-order valence-corrected chi connectivity index (χ1v) is 5.07. The van der Waals surface area contributed by atoms with Crippen molar-refractivity contribution in [1.29, 1.82) is 0 Å². The van der Waals surface area contributed by atoms with E-state index in [9.17, 15) is 4.79 Å². The van der Waals surface area contributed by atoms with E-state index in [0.717, 1.165) is 5.56 Å². The minimum Gasteiger partial charge on any atom is -0.272 e. The number of H-pyrrole nitrogens is 2. The number of aromatic amines is 2. The molecule has 0 bridgehead atoms. The van der Waals surface area contributed by atoms with Gasteiger partial charge in [-0.15, -0.1) is 0 Å². The Balaban J connectivity index is 2.38. The number of halogens is 1. The molecule has 2 aromatic rings. The lowest BCUT2D eigenvalue weighted by atomic mass is 10.2. The molecule has 0 aliphatic carbocycles. The van der Waals surface area contributed by atoms with Crippen molar-refractivity contribution in [3.63, 3.8) is 0 Å². The highest BCUT2D eigenvalue weighted by atomic mass is 35.5. The molecule has 0 saturated heterocycles.